The average Bonchev–Trinajstić information content (AvgIpc) is 2.70. The number of quaternary nitrogens is 1. The Hall–Kier alpha value is -1.97. The first-order valence-corrected chi connectivity index (χ1v) is 11.6. The number of nitrogens with one attached hydrogen (secondary N) is 2. The van der Waals surface area contributed by atoms with Gasteiger partial charge >= 0.3 is 0 Å². The number of benzene rings is 2. The molecule has 2 N–H and O–H groups in total. The highest BCUT2D eigenvalue weighted by atomic mass is 35.5. The van der Waals surface area contributed by atoms with E-state index in [4.69, 9.17) is 23.2 Å². The molecule has 0 saturated carbocycles. The molecule has 1 aliphatic heterocycles. The fourth-order valence-corrected chi connectivity index (χ4v) is 5.02. The first-order chi connectivity index (χ1) is 14.3. The molecule has 0 atom stereocenters. The third-order valence-corrected chi connectivity index (χ3v) is 7.33. The lowest BCUT2D eigenvalue weighted by molar-refractivity contribution is -0.895. The molecule has 0 bridgehead atoms. The second-order valence-electron chi connectivity index (χ2n) is 7.10. The minimum atomic E-state index is -3.51. The molecule has 0 aromatic heterocycles. The Balaban J connectivity index is 1.48. The zero-order chi connectivity index (χ0) is 21.7. The largest absolute Gasteiger partial charge is 0.325 e. The lowest BCUT2D eigenvalue weighted by Crippen LogP contribution is -3.15. The smallest absolute Gasteiger partial charge is 0.295 e. The highest BCUT2D eigenvalue weighted by Crippen LogP contribution is 2.19. The molecule has 0 radical (unpaired) electrons. The SMILES string of the molecule is Cc1ccc(S(=O)(=O)N2CC[NH+](CC(=O)N/N=C/c3ccc(Cl)cc3Cl)CC2)cc1. The van der Waals surface area contributed by atoms with Crippen molar-refractivity contribution in [1.29, 1.82) is 0 Å². The molecule has 30 heavy (non-hydrogen) atoms. The summed E-state index contributed by atoms with van der Waals surface area (Å²) in [6.45, 7) is 3.95. The molecular weight excluding hydrogens is 447 g/mol. The van der Waals surface area contributed by atoms with Crippen molar-refractivity contribution >= 4 is 45.3 Å². The molecule has 7 nitrogen and oxygen atoms in total. The maximum atomic E-state index is 12.8. The van der Waals surface area contributed by atoms with Crippen LogP contribution in [-0.4, -0.2) is 57.6 Å². The van der Waals surface area contributed by atoms with Gasteiger partial charge in [0.05, 0.1) is 42.3 Å². The van der Waals surface area contributed by atoms with Crippen LogP contribution in [0.2, 0.25) is 10.0 Å². The average molecular weight is 470 g/mol. The number of nitrogens with zero attached hydrogens (tertiary/aromatic N) is 2. The maximum Gasteiger partial charge on any atom is 0.295 e. The Labute approximate surface area is 186 Å². The van der Waals surface area contributed by atoms with Gasteiger partial charge in [-0.2, -0.15) is 9.41 Å². The number of hydrogen-bond acceptors (Lipinski definition) is 4. The summed E-state index contributed by atoms with van der Waals surface area (Å²) in [7, 11) is -3.51. The van der Waals surface area contributed by atoms with Crippen molar-refractivity contribution in [3.05, 3.63) is 63.6 Å². The molecule has 1 aliphatic rings. The number of carbonyl (C=O) groups is 1. The molecule has 2 aromatic rings. The number of sulfonamides is 1. The Morgan fingerprint density at radius 1 is 1.17 bits per heavy atom. The second kappa shape index (κ2) is 9.89. The summed E-state index contributed by atoms with van der Waals surface area (Å²) >= 11 is 11.9. The van der Waals surface area contributed by atoms with E-state index in [1.807, 2.05) is 6.92 Å². The second-order valence-corrected chi connectivity index (χ2v) is 9.88. The van der Waals surface area contributed by atoms with Gasteiger partial charge in [-0.05, 0) is 31.2 Å². The summed E-state index contributed by atoms with van der Waals surface area (Å²) in [4.78, 5) is 13.4. The third-order valence-electron chi connectivity index (χ3n) is 4.85. The number of aryl methyl sites for hydroxylation is 1. The Bertz CT molecular complexity index is 1030. The summed E-state index contributed by atoms with van der Waals surface area (Å²) < 4.78 is 27.0. The van der Waals surface area contributed by atoms with Crippen LogP contribution in [0.15, 0.2) is 52.5 Å². The van der Waals surface area contributed by atoms with Crippen molar-refractivity contribution < 1.29 is 18.1 Å². The zero-order valence-electron chi connectivity index (χ0n) is 16.4. The van der Waals surface area contributed by atoms with Gasteiger partial charge in [0.25, 0.3) is 5.91 Å². The third kappa shape index (κ3) is 5.80. The van der Waals surface area contributed by atoms with Crippen molar-refractivity contribution in [3.63, 3.8) is 0 Å². The van der Waals surface area contributed by atoms with E-state index < -0.39 is 10.0 Å². The van der Waals surface area contributed by atoms with Gasteiger partial charge in [0.2, 0.25) is 10.0 Å². The van der Waals surface area contributed by atoms with Crippen molar-refractivity contribution in [2.75, 3.05) is 32.7 Å². The van der Waals surface area contributed by atoms with E-state index >= 15 is 0 Å². The highest BCUT2D eigenvalue weighted by molar-refractivity contribution is 7.89. The predicted molar refractivity (Wildman–Crippen MR) is 118 cm³/mol. The van der Waals surface area contributed by atoms with Gasteiger partial charge in [0, 0.05) is 10.6 Å². The number of hydrazone groups is 1. The molecule has 1 heterocycles. The molecule has 0 aliphatic carbocycles. The van der Waals surface area contributed by atoms with Crippen molar-refractivity contribution in [3.8, 4) is 0 Å². The fourth-order valence-electron chi connectivity index (χ4n) is 3.13. The van der Waals surface area contributed by atoms with E-state index in [0.717, 1.165) is 10.5 Å². The van der Waals surface area contributed by atoms with Crippen LogP contribution in [-0.2, 0) is 14.8 Å². The Morgan fingerprint density at radius 2 is 1.83 bits per heavy atom. The van der Waals surface area contributed by atoms with Crippen LogP contribution in [0, 0.1) is 6.92 Å². The number of hydrogen-bond donors (Lipinski definition) is 2. The van der Waals surface area contributed by atoms with E-state index in [1.165, 1.54) is 10.5 Å². The van der Waals surface area contributed by atoms with Gasteiger partial charge < -0.3 is 4.90 Å². The molecule has 1 saturated heterocycles. The lowest BCUT2D eigenvalue weighted by atomic mass is 10.2. The van der Waals surface area contributed by atoms with Gasteiger partial charge in [-0.25, -0.2) is 13.8 Å². The minimum Gasteiger partial charge on any atom is -0.325 e. The van der Waals surface area contributed by atoms with Crippen LogP contribution in [0.1, 0.15) is 11.1 Å². The number of carbonyl (C=O) groups excluding carboxylic acids is 1. The number of halogens is 2. The van der Waals surface area contributed by atoms with Gasteiger partial charge in [0.15, 0.2) is 6.54 Å². The van der Waals surface area contributed by atoms with Gasteiger partial charge in [-0.3, -0.25) is 4.79 Å². The molecular formula is C20H23Cl2N4O3S+. The van der Waals surface area contributed by atoms with Crippen LogP contribution in [0.25, 0.3) is 0 Å². The standard InChI is InChI=1S/C20H22Cl2N4O3S/c1-15-2-6-18(7-3-15)30(28,29)26-10-8-25(9-11-26)14-20(27)24-23-13-16-4-5-17(21)12-19(16)22/h2-7,12-13H,8-11,14H2,1H3,(H,24,27)/p+1/b23-13+. The van der Waals surface area contributed by atoms with Crippen LogP contribution in [0.3, 0.4) is 0 Å². The first-order valence-electron chi connectivity index (χ1n) is 9.43. The van der Waals surface area contributed by atoms with Crippen LogP contribution < -0.4 is 10.3 Å². The van der Waals surface area contributed by atoms with Crippen molar-refractivity contribution in [2.45, 2.75) is 11.8 Å². The topological polar surface area (TPSA) is 83.3 Å². The van der Waals surface area contributed by atoms with Crippen molar-refractivity contribution in [1.82, 2.24) is 9.73 Å². The predicted octanol–water partition coefficient (Wildman–Crippen LogP) is 1.34. The van der Waals surface area contributed by atoms with Gasteiger partial charge in [-0.1, -0.05) is 47.0 Å². The molecule has 0 unspecified atom stereocenters. The molecule has 0 spiro atoms. The zero-order valence-corrected chi connectivity index (χ0v) is 18.8. The summed E-state index contributed by atoms with van der Waals surface area (Å²) in [5.41, 5.74) is 4.13. The number of piperazine rings is 1. The summed E-state index contributed by atoms with van der Waals surface area (Å²) in [6, 6.07) is 11.8. The van der Waals surface area contributed by atoms with E-state index in [9.17, 15) is 13.2 Å². The van der Waals surface area contributed by atoms with Gasteiger partial charge in [0.1, 0.15) is 0 Å². The molecule has 10 heteroatoms. The van der Waals surface area contributed by atoms with Crippen LogP contribution in [0.5, 0.6) is 0 Å². The van der Waals surface area contributed by atoms with Crippen LogP contribution in [0.4, 0.5) is 0 Å². The maximum absolute atomic E-state index is 12.8. The molecule has 2 aromatic carbocycles. The van der Waals surface area contributed by atoms with Gasteiger partial charge in [-0.15, -0.1) is 0 Å². The van der Waals surface area contributed by atoms with E-state index in [-0.39, 0.29) is 12.5 Å². The summed E-state index contributed by atoms with van der Waals surface area (Å²) in [5.74, 6) is -0.249. The lowest BCUT2D eigenvalue weighted by Gasteiger charge is -2.31. The monoisotopic (exact) mass is 469 g/mol. The number of rotatable bonds is 6. The van der Waals surface area contributed by atoms with E-state index in [0.29, 0.717) is 46.7 Å². The summed E-state index contributed by atoms with van der Waals surface area (Å²) in [6.07, 6.45) is 1.46. The summed E-state index contributed by atoms with van der Waals surface area (Å²) in [5, 5.41) is 4.89. The normalized spacial score (nSPS) is 16.1. The van der Waals surface area contributed by atoms with E-state index in [1.54, 1.807) is 42.5 Å². The van der Waals surface area contributed by atoms with Crippen LogP contribution >= 0.6 is 23.2 Å². The van der Waals surface area contributed by atoms with E-state index in [2.05, 4.69) is 10.5 Å². The molecule has 160 valence electrons. The molecule has 1 fully saturated rings. The quantitative estimate of drug-likeness (QED) is 0.494. The highest BCUT2D eigenvalue weighted by Gasteiger charge is 2.31. The fraction of sp³-hybridized carbons (Fsp3) is 0.300. The molecule has 3 rings (SSSR count). The minimum absolute atomic E-state index is 0.212. The first kappa shape index (κ1) is 22.7. The Morgan fingerprint density at radius 3 is 2.47 bits per heavy atom. The Kier molecular flexibility index (Phi) is 7.49. The molecule has 1 amide bonds. The van der Waals surface area contributed by atoms with Crippen molar-refractivity contribution in [2.24, 2.45) is 5.10 Å². The number of amides is 1.